The first-order chi connectivity index (χ1) is 17.4. The summed E-state index contributed by atoms with van der Waals surface area (Å²) in [5, 5.41) is 3.85. The van der Waals surface area contributed by atoms with Gasteiger partial charge in [-0.25, -0.2) is 12.8 Å². The Labute approximate surface area is 214 Å². The molecule has 10 heteroatoms. The van der Waals surface area contributed by atoms with Crippen molar-refractivity contribution in [3.05, 3.63) is 71.4 Å². The summed E-state index contributed by atoms with van der Waals surface area (Å²) in [6, 6.07) is 14.1. The second-order valence-corrected chi connectivity index (χ2v) is 11.8. The Morgan fingerprint density at radius 3 is 2.58 bits per heavy atom. The molecule has 0 atom stereocenters. The number of fused-ring (bicyclic) bond motifs is 1. The summed E-state index contributed by atoms with van der Waals surface area (Å²) >= 11 is 1.74. The first kappa shape index (κ1) is 24.7. The number of anilines is 1. The number of carbonyl (C=O) groups excluding carboxylic acids is 1. The third kappa shape index (κ3) is 4.72. The number of aromatic nitrogens is 1. The van der Waals surface area contributed by atoms with Gasteiger partial charge in [-0.1, -0.05) is 35.5 Å². The summed E-state index contributed by atoms with van der Waals surface area (Å²) in [6.45, 7) is 2.67. The van der Waals surface area contributed by atoms with E-state index in [2.05, 4.69) is 5.16 Å². The summed E-state index contributed by atoms with van der Waals surface area (Å²) in [5.74, 6) is 0.282. The van der Waals surface area contributed by atoms with Crippen LogP contribution in [0.3, 0.4) is 0 Å². The van der Waals surface area contributed by atoms with Crippen LogP contribution in [0.2, 0.25) is 0 Å². The first-order valence-corrected chi connectivity index (χ1v) is 14.2. The number of hydrogen-bond donors (Lipinski definition) is 0. The maximum absolute atomic E-state index is 14.0. The first-order valence-electron chi connectivity index (χ1n) is 11.8. The van der Waals surface area contributed by atoms with Gasteiger partial charge in [0.05, 0.1) is 5.69 Å². The number of benzene rings is 2. The number of piperidine rings is 1. The fourth-order valence-electron chi connectivity index (χ4n) is 4.67. The smallest absolute Gasteiger partial charge is 0.248 e. The molecule has 36 heavy (non-hydrogen) atoms. The van der Waals surface area contributed by atoms with Gasteiger partial charge in [0.25, 0.3) is 0 Å². The monoisotopic (exact) mass is 527 g/mol. The highest BCUT2D eigenvalue weighted by molar-refractivity contribution is 7.99. The van der Waals surface area contributed by atoms with Gasteiger partial charge in [-0.05, 0) is 50.1 Å². The van der Waals surface area contributed by atoms with E-state index in [-0.39, 0.29) is 41.3 Å². The topological polar surface area (TPSA) is 83.7 Å². The second-order valence-electron chi connectivity index (χ2n) is 8.80. The number of nitrogens with zero attached hydrogens (tertiary/aromatic N) is 3. The third-order valence-corrected chi connectivity index (χ3v) is 9.65. The lowest BCUT2D eigenvalue weighted by Gasteiger charge is -2.35. The lowest BCUT2D eigenvalue weighted by molar-refractivity contribution is -0.123. The molecule has 0 N–H and O–H groups in total. The van der Waals surface area contributed by atoms with E-state index in [1.807, 2.05) is 29.2 Å². The summed E-state index contributed by atoms with van der Waals surface area (Å²) < 4.78 is 47.7. The summed E-state index contributed by atoms with van der Waals surface area (Å²) in [4.78, 5) is 16.3. The number of thioether (sulfide) groups is 1. The average molecular weight is 528 g/mol. The highest BCUT2D eigenvalue weighted by Crippen LogP contribution is 2.36. The van der Waals surface area contributed by atoms with Gasteiger partial charge in [0.15, 0.2) is 10.7 Å². The fraction of sp³-hybridized carbons (Fsp3) is 0.308. The zero-order valence-corrected chi connectivity index (χ0v) is 21.4. The summed E-state index contributed by atoms with van der Waals surface area (Å²) in [7, 11) is -3.91. The van der Waals surface area contributed by atoms with Crippen molar-refractivity contribution in [2.75, 3.05) is 30.3 Å². The van der Waals surface area contributed by atoms with Crippen LogP contribution in [0.15, 0.2) is 62.8 Å². The lowest BCUT2D eigenvalue weighted by atomic mass is 9.96. The predicted molar refractivity (Wildman–Crippen MR) is 138 cm³/mol. The molecule has 2 aromatic carbocycles. The number of sulfonamides is 1. The van der Waals surface area contributed by atoms with Gasteiger partial charge < -0.3 is 9.42 Å². The van der Waals surface area contributed by atoms with Crippen molar-refractivity contribution in [1.29, 1.82) is 0 Å². The molecule has 0 saturated carbocycles. The van der Waals surface area contributed by atoms with Crippen LogP contribution >= 0.6 is 11.8 Å². The maximum Gasteiger partial charge on any atom is 0.248 e. The molecule has 2 aliphatic rings. The maximum atomic E-state index is 14.0. The number of halogens is 1. The van der Waals surface area contributed by atoms with E-state index in [4.69, 9.17) is 4.52 Å². The van der Waals surface area contributed by atoms with E-state index in [1.165, 1.54) is 22.5 Å². The normalized spacial score (nSPS) is 17.4. The zero-order valence-electron chi connectivity index (χ0n) is 19.8. The predicted octanol–water partition coefficient (Wildman–Crippen LogP) is 4.83. The third-order valence-electron chi connectivity index (χ3n) is 6.55. The molecule has 1 fully saturated rings. The van der Waals surface area contributed by atoms with E-state index in [9.17, 15) is 17.6 Å². The Morgan fingerprint density at radius 1 is 1.08 bits per heavy atom. The van der Waals surface area contributed by atoms with E-state index in [1.54, 1.807) is 36.9 Å². The Balaban J connectivity index is 1.31. The zero-order chi connectivity index (χ0) is 25.3. The van der Waals surface area contributed by atoms with E-state index in [0.717, 1.165) is 16.3 Å². The van der Waals surface area contributed by atoms with Crippen LogP contribution in [0.4, 0.5) is 10.1 Å². The minimum Gasteiger partial charge on any atom is -0.355 e. The van der Waals surface area contributed by atoms with Gasteiger partial charge in [0.1, 0.15) is 11.5 Å². The van der Waals surface area contributed by atoms with Crippen molar-refractivity contribution in [2.24, 2.45) is 5.92 Å². The Bertz CT molecular complexity index is 1410. The van der Waals surface area contributed by atoms with Gasteiger partial charge >= 0.3 is 0 Å². The van der Waals surface area contributed by atoms with Crippen LogP contribution in [0, 0.1) is 18.7 Å². The number of hydrogen-bond acceptors (Lipinski definition) is 6. The lowest BCUT2D eigenvalue weighted by Crippen LogP contribution is -2.45. The van der Waals surface area contributed by atoms with Gasteiger partial charge in [-0.3, -0.25) is 4.79 Å². The largest absolute Gasteiger partial charge is 0.355 e. The highest BCUT2D eigenvalue weighted by Gasteiger charge is 2.37. The summed E-state index contributed by atoms with van der Waals surface area (Å²) in [6.07, 6.45) is 3.77. The van der Waals surface area contributed by atoms with Gasteiger partial charge in [-0.2, -0.15) is 4.31 Å². The van der Waals surface area contributed by atoms with Crippen molar-refractivity contribution in [1.82, 2.24) is 9.46 Å². The molecule has 3 heterocycles. The molecule has 3 aromatic rings. The van der Waals surface area contributed by atoms with Crippen LogP contribution < -0.4 is 4.90 Å². The number of amides is 1. The number of para-hydroxylation sites is 1. The van der Waals surface area contributed by atoms with Gasteiger partial charge in [0, 0.05) is 41.8 Å². The SMILES string of the molecule is Cc1noc(C=Cc2ccccc2F)c1S(=O)(=O)N1CCC(C(=O)N2CCSc3ccccc32)CC1. The molecule has 0 bridgehead atoms. The van der Waals surface area contributed by atoms with Crippen LogP contribution in [-0.4, -0.2) is 49.2 Å². The Morgan fingerprint density at radius 2 is 1.81 bits per heavy atom. The minimum atomic E-state index is -3.91. The van der Waals surface area contributed by atoms with Crippen molar-refractivity contribution in [3.8, 4) is 0 Å². The van der Waals surface area contributed by atoms with Crippen molar-refractivity contribution >= 4 is 45.5 Å². The van der Waals surface area contributed by atoms with Gasteiger partial charge in [0.2, 0.25) is 15.9 Å². The van der Waals surface area contributed by atoms with E-state index < -0.39 is 15.8 Å². The number of aryl methyl sites for hydroxylation is 1. The molecular weight excluding hydrogens is 501 g/mol. The molecule has 1 saturated heterocycles. The number of rotatable bonds is 5. The second kappa shape index (κ2) is 10.2. The van der Waals surface area contributed by atoms with Crippen LogP contribution in [0.25, 0.3) is 12.2 Å². The average Bonchev–Trinajstić information content (AvgIpc) is 3.28. The minimum absolute atomic E-state index is 0.0261. The van der Waals surface area contributed by atoms with Crippen molar-refractivity contribution in [2.45, 2.75) is 29.6 Å². The summed E-state index contributed by atoms with van der Waals surface area (Å²) in [5.41, 5.74) is 1.48. The van der Waals surface area contributed by atoms with Crippen LogP contribution in [0.5, 0.6) is 0 Å². The van der Waals surface area contributed by atoms with Crippen LogP contribution in [0.1, 0.15) is 29.9 Å². The number of carbonyl (C=O) groups is 1. The Hall–Kier alpha value is -2.95. The fourth-order valence-corrected chi connectivity index (χ4v) is 7.38. The molecule has 7 nitrogen and oxygen atoms in total. The molecular formula is C26H26FN3O4S2. The molecule has 1 aromatic heterocycles. The van der Waals surface area contributed by atoms with E-state index >= 15 is 0 Å². The van der Waals surface area contributed by atoms with E-state index in [0.29, 0.717) is 24.9 Å². The molecule has 0 radical (unpaired) electrons. The van der Waals surface area contributed by atoms with Crippen LogP contribution in [-0.2, 0) is 14.8 Å². The molecule has 1 amide bonds. The van der Waals surface area contributed by atoms with Gasteiger partial charge in [-0.15, -0.1) is 11.8 Å². The Kier molecular flexibility index (Phi) is 7.00. The molecule has 5 rings (SSSR count). The van der Waals surface area contributed by atoms with Crippen molar-refractivity contribution in [3.63, 3.8) is 0 Å². The van der Waals surface area contributed by atoms with Crippen molar-refractivity contribution < 1.29 is 22.1 Å². The molecule has 2 aliphatic heterocycles. The highest BCUT2D eigenvalue weighted by atomic mass is 32.2. The molecule has 188 valence electrons. The quantitative estimate of drug-likeness (QED) is 0.473. The molecule has 0 unspecified atom stereocenters. The molecule has 0 spiro atoms. The molecule has 0 aliphatic carbocycles. The standard InChI is InChI=1S/C26H26FN3O4S2/c1-18-25(23(34-28-18)11-10-19-6-2-3-7-21(19)27)36(32,33)29-14-12-20(13-15-29)26(31)30-16-17-35-24-9-5-4-8-22(24)30/h2-11,20H,12-17H2,1H3.